The normalized spacial score (nSPS) is 10.5. The first-order valence-corrected chi connectivity index (χ1v) is 6.39. The fourth-order valence-corrected chi connectivity index (χ4v) is 2.22. The zero-order valence-electron chi connectivity index (χ0n) is 10.1. The minimum absolute atomic E-state index is 0.876. The molecule has 88 valence electrons. The lowest BCUT2D eigenvalue weighted by atomic mass is 10.2. The molecule has 17 heavy (non-hydrogen) atoms. The maximum absolute atomic E-state index is 4.23. The number of aromatic nitrogens is 3. The van der Waals surface area contributed by atoms with Crippen LogP contribution in [-0.2, 0) is 7.05 Å². The van der Waals surface area contributed by atoms with Crippen molar-refractivity contribution in [3.8, 4) is 11.4 Å². The predicted molar refractivity (Wildman–Crippen MR) is 72.0 cm³/mol. The summed E-state index contributed by atoms with van der Waals surface area (Å²) in [5.41, 5.74) is 2.23. The Hall–Kier alpha value is -1.55. The molecule has 4 heteroatoms. The molecule has 0 unspecified atom stereocenters. The summed E-state index contributed by atoms with van der Waals surface area (Å²) in [5.74, 6) is 1.77. The Morgan fingerprint density at radius 3 is 2.65 bits per heavy atom. The van der Waals surface area contributed by atoms with E-state index in [1.807, 2.05) is 48.9 Å². The molecule has 0 radical (unpaired) electrons. The molecule has 2 rings (SSSR count). The molecule has 0 atom stereocenters. The van der Waals surface area contributed by atoms with Crippen molar-refractivity contribution in [2.75, 3.05) is 5.75 Å². The monoisotopic (exact) mass is 245 g/mol. The van der Waals surface area contributed by atoms with Crippen LogP contribution in [0.25, 0.3) is 11.4 Å². The van der Waals surface area contributed by atoms with Crippen molar-refractivity contribution >= 4 is 11.8 Å². The summed E-state index contributed by atoms with van der Waals surface area (Å²) < 4.78 is 2.02. The van der Waals surface area contributed by atoms with Crippen molar-refractivity contribution in [1.29, 1.82) is 0 Å². The zero-order valence-corrected chi connectivity index (χ0v) is 10.9. The van der Waals surface area contributed by atoms with Crippen LogP contribution in [0.5, 0.6) is 0 Å². The van der Waals surface area contributed by atoms with Crippen molar-refractivity contribution in [2.45, 2.75) is 12.1 Å². The largest absolute Gasteiger partial charge is 0.305 e. The van der Waals surface area contributed by atoms with Gasteiger partial charge in [-0.1, -0.05) is 54.2 Å². The SMILES string of the molecule is C=C(C)CSc1nnc(-c2ccccc2)n1C. The first kappa shape index (κ1) is 11.9. The van der Waals surface area contributed by atoms with Crippen LogP contribution in [0.3, 0.4) is 0 Å². The lowest BCUT2D eigenvalue weighted by Gasteiger charge is -2.03. The predicted octanol–water partition coefficient (Wildman–Crippen LogP) is 3.15. The van der Waals surface area contributed by atoms with E-state index in [0.29, 0.717) is 0 Å². The van der Waals surface area contributed by atoms with Crippen molar-refractivity contribution < 1.29 is 0 Å². The van der Waals surface area contributed by atoms with E-state index in [1.165, 1.54) is 0 Å². The molecule has 0 bridgehead atoms. The molecule has 0 saturated carbocycles. The van der Waals surface area contributed by atoms with E-state index in [0.717, 1.165) is 27.9 Å². The van der Waals surface area contributed by atoms with E-state index >= 15 is 0 Å². The Kier molecular flexibility index (Phi) is 3.64. The summed E-state index contributed by atoms with van der Waals surface area (Å²) in [5, 5.41) is 9.35. The van der Waals surface area contributed by atoms with Gasteiger partial charge in [0.1, 0.15) is 0 Å². The molecule has 1 aromatic carbocycles. The third-order valence-corrected chi connectivity index (χ3v) is 3.57. The van der Waals surface area contributed by atoms with E-state index < -0.39 is 0 Å². The number of thioether (sulfide) groups is 1. The average molecular weight is 245 g/mol. The molecule has 0 N–H and O–H groups in total. The molecule has 0 spiro atoms. The second-order valence-corrected chi connectivity index (χ2v) is 4.92. The molecular formula is C13H15N3S. The molecule has 2 aromatic rings. The summed E-state index contributed by atoms with van der Waals surface area (Å²) in [6.07, 6.45) is 0. The molecule has 1 heterocycles. The molecule has 0 aliphatic carbocycles. The first-order chi connectivity index (χ1) is 8.18. The van der Waals surface area contributed by atoms with E-state index in [4.69, 9.17) is 0 Å². The highest BCUT2D eigenvalue weighted by Crippen LogP contribution is 2.23. The average Bonchev–Trinajstić information content (AvgIpc) is 2.69. The molecule has 0 aliphatic rings. The summed E-state index contributed by atoms with van der Waals surface area (Å²) >= 11 is 1.66. The van der Waals surface area contributed by atoms with Crippen LogP contribution < -0.4 is 0 Å². The van der Waals surface area contributed by atoms with Crippen LogP contribution in [-0.4, -0.2) is 20.5 Å². The molecule has 0 amide bonds. The lowest BCUT2D eigenvalue weighted by molar-refractivity contribution is 0.794. The molecular weight excluding hydrogens is 230 g/mol. The van der Waals surface area contributed by atoms with Gasteiger partial charge in [0.25, 0.3) is 0 Å². The maximum atomic E-state index is 4.23. The Balaban J connectivity index is 2.24. The highest BCUT2D eigenvalue weighted by atomic mass is 32.2. The van der Waals surface area contributed by atoms with Crippen LogP contribution in [0.2, 0.25) is 0 Å². The highest BCUT2D eigenvalue weighted by molar-refractivity contribution is 7.99. The van der Waals surface area contributed by atoms with Gasteiger partial charge in [-0.05, 0) is 6.92 Å². The second-order valence-electron chi connectivity index (χ2n) is 3.98. The van der Waals surface area contributed by atoms with Crippen LogP contribution in [0.4, 0.5) is 0 Å². The van der Waals surface area contributed by atoms with Crippen molar-refractivity contribution in [2.24, 2.45) is 7.05 Å². The Labute approximate surface area is 106 Å². The highest BCUT2D eigenvalue weighted by Gasteiger charge is 2.10. The minimum Gasteiger partial charge on any atom is -0.305 e. The van der Waals surface area contributed by atoms with Gasteiger partial charge in [-0.15, -0.1) is 10.2 Å². The maximum Gasteiger partial charge on any atom is 0.191 e. The van der Waals surface area contributed by atoms with Gasteiger partial charge in [0.15, 0.2) is 11.0 Å². The Bertz CT molecular complexity index is 517. The fourth-order valence-electron chi connectivity index (χ4n) is 1.47. The topological polar surface area (TPSA) is 30.7 Å². The van der Waals surface area contributed by atoms with Gasteiger partial charge in [0, 0.05) is 18.4 Å². The first-order valence-electron chi connectivity index (χ1n) is 5.40. The summed E-state index contributed by atoms with van der Waals surface area (Å²) in [7, 11) is 1.99. The van der Waals surface area contributed by atoms with Gasteiger partial charge >= 0.3 is 0 Å². The summed E-state index contributed by atoms with van der Waals surface area (Å²) in [4.78, 5) is 0. The van der Waals surface area contributed by atoms with Gasteiger partial charge in [0.2, 0.25) is 0 Å². The smallest absolute Gasteiger partial charge is 0.191 e. The lowest BCUT2D eigenvalue weighted by Crippen LogP contribution is -1.95. The zero-order chi connectivity index (χ0) is 12.3. The molecule has 0 fully saturated rings. The number of nitrogens with zero attached hydrogens (tertiary/aromatic N) is 3. The van der Waals surface area contributed by atoms with Crippen LogP contribution in [0.1, 0.15) is 6.92 Å². The van der Waals surface area contributed by atoms with Crippen molar-refractivity contribution in [3.63, 3.8) is 0 Å². The van der Waals surface area contributed by atoms with Gasteiger partial charge in [0.05, 0.1) is 0 Å². The summed E-state index contributed by atoms with van der Waals surface area (Å²) in [6.45, 7) is 5.90. The quantitative estimate of drug-likeness (QED) is 0.612. The van der Waals surface area contributed by atoms with Gasteiger partial charge in [-0.25, -0.2) is 0 Å². The van der Waals surface area contributed by atoms with E-state index in [1.54, 1.807) is 11.8 Å². The Morgan fingerprint density at radius 1 is 1.29 bits per heavy atom. The second kappa shape index (κ2) is 5.19. The standard InChI is InChI=1S/C13H15N3S/c1-10(2)9-17-13-15-14-12(16(13)3)11-7-5-4-6-8-11/h4-8H,1,9H2,2-3H3. The van der Waals surface area contributed by atoms with Crippen molar-refractivity contribution in [3.05, 3.63) is 42.5 Å². The number of hydrogen-bond donors (Lipinski definition) is 0. The third kappa shape index (κ3) is 2.77. The fraction of sp³-hybridized carbons (Fsp3) is 0.231. The van der Waals surface area contributed by atoms with Crippen LogP contribution >= 0.6 is 11.8 Å². The van der Waals surface area contributed by atoms with E-state index in [9.17, 15) is 0 Å². The van der Waals surface area contributed by atoms with Crippen molar-refractivity contribution in [1.82, 2.24) is 14.8 Å². The van der Waals surface area contributed by atoms with E-state index in [-0.39, 0.29) is 0 Å². The van der Waals surface area contributed by atoms with E-state index in [2.05, 4.69) is 16.8 Å². The molecule has 0 aliphatic heterocycles. The molecule has 0 saturated heterocycles. The van der Waals surface area contributed by atoms with Crippen LogP contribution in [0.15, 0.2) is 47.6 Å². The van der Waals surface area contributed by atoms with Gasteiger partial charge in [-0.3, -0.25) is 0 Å². The number of benzene rings is 1. The third-order valence-electron chi connectivity index (χ3n) is 2.31. The van der Waals surface area contributed by atoms with Gasteiger partial charge in [-0.2, -0.15) is 0 Å². The Morgan fingerprint density at radius 2 is 2.00 bits per heavy atom. The molecule has 1 aromatic heterocycles. The van der Waals surface area contributed by atoms with Crippen LogP contribution in [0, 0.1) is 0 Å². The molecule has 3 nitrogen and oxygen atoms in total. The minimum atomic E-state index is 0.876. The van der Waals surface area contributed by atoms with Gasteiger partial charge < -0.3 is 4.57 Å². The number of hydrogen-bond acceptors (Lipinski definition) is 3. The summed E-state index contributed by atoms with van der Waals surface area (Å²) in [6, 6.07) is 10.1. The number of rotatable bonds is 4.